The molecule has 0 aromatic heterocycles. The first-order chi connectivity index (χ1) is 4.65. The molecular weight excluding hydrogens is 308 g/mol. The van der Waals surface area contributed by atoms with Gasteiger partial charge in [0, 0.05) is 6.42 Å². The van der Waals surface area contributed by atoms with Crippen molar-refractivity contribution in [2.24, 2.45) is 0 Å². The first kappa shape index (κ1) is 17.0. The van der Waals surface area contributed by atoms with Gasteiger partial charge >= 0.3 is 21.1 Å². The molecule has 0 aliphatic heterocycles. The van der Waals surface area contributed by atoms with E-state index in [4.69, 9.17) is 0 Å². The smallest absolute Gasteiger partial charge is 0.340 e. The number of hydrogen-bond donors (Lipinski definition) is 0. The van der Waals surface area contributed by atoms with Gasteiger partial charge in [-0.05, 0) is 12.7 Å². The van der Waals surface area contributed by atoms with Crippen molar-refractivity contribution in [3.63, 3.8) is 0 Å². The number of hydrogen-bond acceptors (Lipinski definition) is 1. The summed E-state index contributed by atoms with van der Waals surface area (Å²) >= 11 is 0. The van der Waals surface area contributed by atoms with Crippen molar-refractivity contribution >= 4 is 5.78 Å². The Balaban J connectivity index is -0.000000114. The largest absolute Gasteiger partial charge is 2.00 e. The molecule has 0 fully saturated rings. The molecule has 62 valence electrons. The SMILES string of the molecule is [CH2-]C(C)=O.[CH2-]CC#CCC.[W+2]. The fraction of sp³-hybridized carbons (Fsp3) is 0.444. The standard InChI is InChI=1S/C6H9.C3H5O.W/c1-3-5-6-4-2;1-3(2)4;/h1,3-4H2,2H3;1H2,2H3;/q2*-1;+2. The third-order valence-corrected chi connectivity index (χ3v) is 0.427. The molecule has 0 radical (unpaired) electrons. The summed E-state index contributed by atoms with van der Waals surface area (Å²) in [5.41, 5.74) is 0. The van der Waals surface area contributed by atoms with E-state index in [1.165, 1.54) is 6.92 Å². The Morgan fingerprint density at radius 3 is 1.91 bits per heavy atom. The van der Waals surface area contributed by atoms with Crippen molar-refractivity contribution in [2.45, 2.75) is 26.7 Å². The molecule has 2 heteroatoms. The van der Waals surface area contributed by atoms with Crippen molar-refractivity contribution in [1.29, 1.82) is 0 Å². The van der Waals surface area contributed by atoms with Crippen LogP contribution in [0.5, 0.6) is 0 Å². The molecule has 0 rings (SSSR count). The minimum Gasteiger partial charge on any atom is -0.340 e. The summed E-state index contributed by atoms with van der Waals surface area (Å²) in [6.07, 6.45) is 1.70. The van der Waals surface area contributed by atoms with Crippen molar-refractivity contribution in [1.82, 2.24) is 0 Å². The predicted molar refractivity (Wildman–Crippen MR) is 44.1 cm³/mol. The van der Waals surface area contributed by atoms with Gasteiger partial charge in [-0.25, -0.2) is 0 Å². The van der Waals surface area contributed by atoms with Gasteiger partial charge in [-0.2, -0.15) is 0 Å². The average Bonchev–Trinajstić information content (AvgIpc) is 1.82. The van der Waals surface area contributed by atoms with Crippen LogP contribution in [-0.2, 0) is 25.9 Å². The van der Waals surface area contributed by atoms with Gasteiger partial charge < -0.3 is 18.6 Å². The predicted octanol–water partition coefficient (Wildman–Crippen LogP) is 2.03. The molecule has 0 amide bonds. The molecule has 0 unspecified atom stereocenters. The van der Waals surface area contributed by atoms with Crippen LogP contribution in [-0.4, -0.2) is 5.78 Å². The van der Waals surface area contributed by atoms with Gasteiger partial charge in [-0.15, -0.1) is 18.3 Å². The Hall–Kier alpha value is -0.212. The maximum absolute atomic E-state index is 9.33. The van der Waals surface area contributed by atoms with E-state index in [-0.39, 0.29) is 26.8 Å². The van der Waals surface area contributed by atoms with Crippen molar-refractivity contribution < 1.29 is 25.9 Å². The van der Waals surface area contributed by atoms with Crippen molar-refractivity contribution in [3.05, 3.63) is 13.8 Å². The van der Waals surface area contributed by atoms with Crippen LogP contribution >= 0.6 is 0 Å². The fourth-order valence-electron chi connectivity index (χ4n) is 0.213. The van der Waals surface area contributed by atoms with E-state index in [9.17, 15) is 4.79 Å². The first-order valence-electron chi connectivity index (χ1n) is 3.22. The van der Waals surface area contributed by atoms with Crippen LogP contribution in [0.2, 0.25) is 0 Å². The molecule has 0 bridgehead atoms. The molecular formula is C9H14OW. The van der Waals surface area contributed by atoms with E-state index in [2.05, 4.69) is 25.7 Å². The van der Waals surface area contributed by atoms with E-state index < -0.39 is 0 Å². The Kier molecular flexibility index (Phi) is 25.4. The second-order valence-corrected chi connectivity index (χ2v) is 1.66. The number of Topliss-reactive ketones (excluding diaryl/α,β-unsaturated/α-hetero) is 1. The summed E-state index contributed by atoms with van der Waals surface area (Å²) < 4.78 is 0. The van der Waals surface area contributed by atoms with Gasteiger partial charge in [0.05, 0.1) is 0 Å². The van der Waals surface area contributed by atoms with Crippen LogP contribution in [0.3, 0.4) is 0 Å². The average molecular weight is 322 g/mol. The zero-order chi connectivity index (χ0) is 8.41. The monoisotopic (exact) mass is 322 g/mol. The topological polar surface area (TPSA) is 17.1 Å². The number of carbonyl (C=O) groups is 1. The second-order valence-electron chi connectivity index (χ2n) is 1.66. The second kappa shape index (κ2) is 16.4. The van der Waals surface area contributed by atoms with Crippen molar-refractivity contribution in [3.8, 4) is 11.8 Å². The van der Waals surface area contributed by atoms with Gasteiger partial charge in [0.25, 0.3) is 0 Å². The summed E-state index contributed by atoms with van der Waals surface area (Å²) in [7, 11) is 0. The van der Waals surface area contributed by atoms with Crippen LogP contribution in [0.25, 0.3) is 0 Å². The minimum absolute atomic E-state index is 0. The molecule has 0 aromatic rings. The van der Waals surface area contributed by atoms with Crippen LogP contribution in [0, 0.1) is 25.7 Å². The quantitative estimate of drug-likeness (QED) is 0.493. The molecule has 0 aromatic carbocycles. The van der Waals surface area contributed by atoms with Crippen LogP contribution < -0.4 is 0 Å². The first-order valence-corrected chi connectivity index (χ1v) is 3.22. The Labute approximate surface area is 84.2 Å². The maximum Gasteiger partial charge on any atom is 2.00 e. The van der Waals surface area contributed by atoms with Crippen LogP contribution in [0.4, 0.5) is 0 Å². The number of carbonyl (C=O) groups excluding carboxylic acids is 1. The molecule has 0 atom stereocenters. The van der Waals surface area contributed by atoms with Crippen LogP contribution in [0.1, 0.15) is 26.7 Å². The van der Waals surface area contributed by atoms with E-state index in [0.717, 1.165) is 12.8 Å². The van der Waals surface area contributed by atoms with E-state index in [0.29, 0.717) is 0 Å². The molecule has 0 spiro atoms. The summed E-state index contributed by atoms with van der Waals surface area (Å²) in [6.45, 7) is 10.00. The number of ketones is 1. The third kappa shape index (κ3) is 76.4. The maximum atomic E-state index is 9.33. The summed E-state index contributed by atoms with van der Waals surface area (Å²) in [6, 6.07) is 0. The van der Waals surface area contributed by atoms with Gasteiger partial charge in [0.2, 0.25) is 0 Å². The van der Waals surface area contributed by atoms with Crippen molar-refractivity contribution in [2.75, 3.05) is 0 Å². The molecule has 0 saturated heterocycles. The molecule has 0 saturated carbocycles. The van der Waals surface area contributed by atoms with Crippen LogP contribution in [0.15, 0.2) is 0 Å². The van der Waals surface area contributed by atoms with Gasteiger partial charge in [0.15, 0.2) is 0 Å². The zero-order valence-electron chi connectivity index (χ0n) is 7.14. The fourth-order valence-corrected chi connectivity index (χ4v) is 0.213. The molecule has 0 heterocycles. The molecule has 1 nitrogen and oxygen atoms in total. The molecule has 0 N–H and O–H groups in total. The van der Waals surface area contributed by atoms with Gasteiger partial charge in [-0.1, -0.05) is 6.92 Å². The van der Waals surface area contributed by atoms with E-state index in [1.54, 1.807) is 0 Å². The number of rotatable bonds is 0. The minimum atomic E-state index is -0.0833. The third-order valence-electron chi connectivity index (χ3n) is 0.427. The molecule has 0 aliphatic carbocycles. The Morgan fingerprint density at radius 2 is 1.82 bits per heavy atom. The van der Waals surface area contributed by atoms with Gasteiger partial charge in [-0.3, -0.25) is 0 Å². The summed E-state index contributed by atoms with van der Waals surface area (Å²) in [5, 5.41) is 0. The molecule has 11 heavy (non-hydrogen) atoms. The zero-order valence-corrected chi connectivity index (χ0v) is 10.1. The molecule has 0 aliphatic rings. The Morgan fingerprint density at radius 1 is 1.45 bits per heavy atom. The Bertz CT molecular complexity index is 118. The summed E-state index contributed by atoms with van der Waals surface area (Å²) in [5.74, 6) is 5.64. The normalized spacial score (nSPS) is 5.73. The van der Waals surface area contributed by atoms with E-state index >= 15 is 0 Å². The van der Waals surface area contributed by atoms with Gasteiger partial charge in [0.1, 0.15) is 0 Å². The summed E-state index contributed by atoms with van der Waals surface area (Å²) in [4.78, 5) is 9.33. The van der Waals surface area contributed by atoms with E-state index in [1.807, 2.05) is 6.92 Å².